The molecule has 0 bridgehead atoms. The minimum Gasteiger partial charge on any atom is -0.520 e. The van der Waals surface area contributed by atoms with Crippen molar-refractivity contribution in [2.75, 3.05) is 19.8 Å². The van der Waals surface area contributed by atoms with Crippen molar-refractivity contribution in [3.63, 3.8) is 0 Å². The van der Waals surface area contributed by atoms with E-state index in [1.165, 1.54) is 0 Å². The molecule has 6 heteroatoms. The van der Waals surface area contributed by atoms with Crippen molar-refractivity contribution >= 4 is 11.6 Å². The van der Waals surface area contributed by atoms with Gasteiger partial charge < -0.3 is 18.9 Å². The fraction of sp³-hybridized carbons (Fsp3) is 0.588. The normalized spacial score (nSPS) is 25.0. The number of rotatable bonds is 5. The predicted octanol–water partition coefficient (Wildman–Crippen LogP) is 1.07. The Morgan fingerprint density at radius 3 is 2.65 bits per heavy atom. The number of halogens is 1. The molecule has 2 saturated heterocycles. The molecule has 0 radical (unpaired) electrons. The molecule has 0 saturated carbocycles. The average molecular weight is 459 g/mol. The Hall–Kier alpha value is 1.08. The van der Waals surface area contributed by atoms with Gasteiger partial charge in [0.2, 0.25) is 0 Å². The molecule has 0 spiro atoms. The van der Waals surface area contributed by atoms with Gasteiger partial charge in [0.15, 0.2) is 6.29 Å². The van der Waals surface area contributed by atoms with Gasteiger partial charge in [0.1, 0.15) is 11.5 Å². The van der Waals surface area contributed by atoms with E-state index in [0.29, 0.717) is 29.2 Å². The van der Waals surface area contributed by atoms with E-state index < -0.39 is 0 Å². The van der Waals surface area contributed by atoms with Gasteiger partial charge in [-0.1, -0.05) is 18.5 Å². The molecule has 1 unspecified atom stereocenters. The van der Waals surface area contributed by atoms with Crippen molar-refractivity contribution in [1.82, 2.24) is 0 Å². The van der Waals surface area contributed by atoms with E-state index in [2.05, 4.69) is 6.92 Å². The third-order valence-corrected chi connectivity index (χ3v) is 4.18. The van der Waals surface area contributed by atoms with Crippen LogP contribution in [0.15, 0.2) is 18.2 Å². The summed E-state index contributed by atoms with van der Waals surface area (Å²) in [6, 6.07) is 5.48. The summed E-state index contributed by atoms with van der Waals surface area (Å²) in [6.45, 7) is 6.26. The van der Waals surface area contributed by atoms with E-state index in [1.54, 1.807) is 6.07 Å². The standard InChI is InChI=1S/C17H22ClO4.Cs/c1-12-6-17(21-10-12)22-16-8-14(18)7-15(9-16)20-11-13-2-4-19-5-3-13;/h7-10,12-13,17H,2-6,11H2,1H3;/q-1;+1/t12-,17?;/m1./s1. The first-order chi connectivity index (χ1) is 10.7. The molecule has 4 nitrogen and oxygen atoms in total. The predicted molar refractivity (Wildman–Crippen MR) is 84.1 cm³/mol. The molecule has 2 heterocycles. The van der Waals surface area contributed by atoms with Crippen LogP contribution in [0, 0.1) is 18.4 Å². The Morgan fingerprint density at radius 1 is 1.22 bits per heavy atom. The van der Waals surface area contributed by atoms with Crippen LogP contribution in [0.1, 0.15) is 26.2 Å². The van der Waals surface area contributed by atoms with E-state index in [-0.39, 0.29) is 75.2 Å². The minimum atomic E-state index is -0.239. The van der Waals surface area contributed by atoms with Crippen LogP contribution in [0.4, 0.5) is 0 Å². The molecular weight excluding hydrogens is 437 g/mol. The third kappa shape index (κ3) is 6.72. The summed E-state index contributed by atoms with van der Waals surface area (Å²) in [4.78, 5) is 0. The third-order valence-electron chi connectivity index (χ3n) is 3.97. The van der Waals surface area contributed by atoms with Gasteiger partial charge in [0.05, 0.1) is 6.61 Å². The van der Waals surface area contributed by atoms with E-state index in [9.17, 15) is 0 Å². The van der Waals surface area contributed by atoms with E-state index in [1.807, 2.05) is 18.7 Å². The van der Waals surface area contributed by atoms with Crippen LogP contribution in [-0.4, -0.2) is 26.1 Å². The summed E-state index contributed by atoms with van der Waals surface area (Å²) < 4.78 is 22.5. The first kappa shape index (κ1) is 20.4. The minimum absolute atomic E-state index is 0. The molecule has 0 amide bonds. The molecule has 0 N–H and O–H groups in total. The molecule has 122 valence electrons. The first-order valence-corrected chi connectivity index (χ1v) is 8.23. The van der Waals surface area contributed by atoms with Crippen molar-refractivity contribution in [3.05, 3.63) is 29.8 Å². The van der Waals surface area contributed by atoms with Crippen LogP contribution in [0.2, 0.25) is 5.02 Å². The van der Waals surface area contributed by atoms with Crippen molar-refractivity contribution in [2.45, 2.75) is 32.5 Å². The second kappa shape index (κ2) is 10.3. The summed E-state index contributed by atoms with van der Waals surface area (Å²) in [5, 5.41) is 0.606. The quantitative estimate of drug-likeness (QED) is 0.619. The Kier molecular flexibility index (Phi) is 9.12. The van der Waals surface area contributed by atoms with Crippen molar-refractivity contribution in [1.29, 1.82) is 0 Å². The summed E-state index contributed by atoms with van der Waals surface area (Å²) >= 11 is 6.16. The van der Waals surface area contributed by atoms with Crippen molar-refractivity contribution in [2.24, 2.45) is 11.8 Å². The molecular formula is C17H22ClCsO4. The molecule has 2 aliphatic heterocycles. The fourth-order valence-corrected chi connectivity index (χ4v) is 2.89. The molecule has 2 aliphatic rings. The summed E-state index contributed by atoms with van der Waals surface area (Å²) in [5.41, 5.74) is 0. The Morgan fingerprint density at radius 2 is 1.96 bits per heavy atom. The van der Waals surface area contributed by atoms with Gasteiger partial charge in [0, 0.05) is 24.3 Å². The van der Waals surface area contributed by atoms with Gasteiger partial charge in [-0.3, -0.25) is 0 Å². The summed E-state index contributed by atoms with van der Waals surface area (Å²) in [6.07, 6.45) is 2.71. The van der Waals surface area contributed by atoms with E-state index >= 15 is 0 Å². The molecule has 2 atom stereocenters. The fourth-order valence-electron chi connectivity index (χ4n) is 2.68. The maximum absolute atomic E-state index is 6.16. The number of ether oxygens (including phenoxy) is 4. The van der Waals surface area contributed by atoms with Crippen molar-refractivity contribution < 1.29 is 87.8 Å². The summed E-state index contributed by atoms with van der Waals surface area (Å²) in [5.74, 6) is 2.38. The van der Waals surface area contributed by atoms with Crippen LogP contribution < -0.4 is 78.4 Å². The maximum atomic E-state index is 6.16. The Balaban J connectivity index is 0.00000192. The monoisotopic (exact) mass is 458 g/mol. The molecule has 3 rings (SSSR count). The SMILES string of the molecule is C[C@H]1[CH-]OC(Oc2cc(Cl)cc(OCC3CCOCC3)c2)C1.[Cs+]. The number of benzene rings is 1. The van der Waals surface area contributed by atoms with Crippen LogP contribution in [0.3, 0.4) is 0 Å². The zero-order valence-electron chi connectivity index (χ0n) is 13.8. The average Bonchev–Trinajstić information content (AvgIpc) is 2.91. The Bertz CT molecular complexity index is 493. The van der Waals surface area contributed by atoms with Crippen molar-refractivity contribution in [3.8, 4) is 11.5 Å². The second-order valence-corrected chi connectivity index (χ2v) is 6.46. The largest absolute Gasteiger partial charge is 1.00 e. The molecule has 1 aromatic carbocycles. The van der Waals surface area contributed by atoms with Gasteiger partial charge in [-0.2, -0.15) is 0 Å². The van der Waals surface area contributed by atoms with Gasteiger partial charge in [-0.05, 0) is 37.3 Å². The van der Waals surface area contributed by atoms with E-state index in [0.717, 1.165) is 38.2 Å². The topological polar surface area (TPSA) is 36.9 Å². The number of hydrogen-bond donors (Lipinski definition) is 0. The van der Waals surface area contributed by atoms with Crippen LogP contribution in [0.5, 0.6) is 11.5 Å². The molecule has 0 aliphatic carbocycles. The van der Waals surface area contributed by atoms with Gasteiger partial charge in [-0.15, -0.1) is 5.92 Å². The first-order valence-electron chi connectivity index (χ1n) is 7.85. The van der Waals surface area contributed by atoms with Gasteiger partial charge >= 0.3 is 68.9 Å². The Labute approximate surface area is 201 Å². The molecule has 1 aromatic rings. The molecule has 0 aromatic heterocycles. The molecule has 2 fully saturated rings. The second-order valence-electron chi connectivity index (χ2n) is 6.02. The molecule has 23 heavy (non-hydrogen) atoms. The van der Waals surface area contributed by atoms with E-state index in [4.69, 9.17) is 30.5 Å². The zero-order valence-corrected chi connectivity index (χ0v) is 20.8. The smallest absolute Gasteiger partial charge is 0.520 e. The van der Waals surface area contributed by atoms with Gasteiger partial charge in [-0.25, -0.2) is 6.61 Å². The number of hydrogen-bond acceptors (Lipinski definition) is 4. The van der Waals surface area contributed by atoms with Crippen LogP contribution in [0.25, 0.3) is 0 Å². The van der Waals surface area contributed by atoms with Crippen LogP contribution >= 0.6 is 11.6 Å². The maximum Gasteiger partial charge on any atom is 1.00 e. The van der Waals surface area contributed by atoms with Gasteiger partial charge in [0.25, 0.3) is 0 Å². The summed E-state index contributed by atoms with van der Waals surface area (Å²) in [7, 11) is 0. The van der Waals surface area contributed by atoms with Crippen LogP contribution in [-0.2, 0) is 9.47 Å². The zero-order chi connectivity index (χ0) is 15.4.